The number of carboxylic acids is 1. The van der Waals surface area contributed by atoms with Crippen LogP contribution in [0.4, 0.5) is 9.59 Å². The maximum atomic E-state index is 13.7. The lowest BCUT2D eigenvalue weighted by Gasteiger charge is -2.36. The number of unbranched alkanes of at least 4 members (excludes halogenated alkanes) is 2. The number of benzene rings is 1. The number of carbonyl (C=O) groups is 5. The van der Waals surface area contributed by atoms with Crippen molar-refractivity contribution in [1.82, 2.24) is 25.0 Å². The van der Waals surface area contributed by atoms with Gasteiger partial charge in [-0.1, -0.05) is 50.1 Å². The molecule has 3 heterocycles. The number of aromatic nitrogens is 1. The number of aliphatic carboxylic acids is 1. The van der Waals surface area contributed by atoms with Crippen LogP contribution in [0.2, 0.25) is 0 Å². The normalized spacial score (nSPS) is 15.8. The molecule has 0 aliphatic carbocycles. The van der Waals surface area contributed by atoms with Crippen molar-refractivity contribution in [1.29, 1.82) is 0 Å². The van der Waals surface area contributed by atoms with Crippen molar-refractivity contribution in [2.45, 2.75) is 64.0 Å². The van der Waals surface area contributed by atoms with Gasteiger partial charge in [-0.15, -0.1) is 0 Å². The van der Waals surface area contributed by atoms with Gasteiger partial charge in [-0.25, -0.2) is 14.6 Å². The Morgan fingerprint density at radius 1 is 0.917 bits per heavy atom. The summed E-state index contributed by atoms with van der Waals surface area (Å²) in [6, 6.07) is 11.4. The van der Waals surface area contributed by atoms with Crippen LogP contribution in [0.3, 0.4) is 0 Å². The zero-order valence-corrected chi connectivity index (χ0v) is 27.6. The molecular weight excluding hydrogens is 622 g/mol. The van der Waals surface area contributed by atoms with E-state index >= 15 is 0 Å². The van der Waals surface area contributed by atoms with Gasteiger partial charge in [0.25, 0.3) is 5.91 Å². The number of carbonyl (C=O) groups excluding carboxylic acids is 4. The third-order valence-corrected chi connectivity index (χ3v) is 8.35. The fraction of sp³-hybridized carbons (Fsp3) is 0.529. The summed E-state index contributed by atoms with van der Waals surface area (Å²) in [4.78, 5) is 72.3. The van der Waals surface area contributed by atoms with Gasteiger partial charge in [0.2, 0.25) is 5.91 Å². The van der Waals surface area contributed by atoms with Crippen LogP contribution in [0.1, 0.15) is 62.4 Å². The van der Waals surface area contributed by atoms with Crippen molar-refractivity contribution in [3.63, 3.8) is 0 Å². The first-order valence-electron chi connectivity index (χ1n) is 16.5. The molecule has 2 aliphatic heterocycles. The fourth-order valence-corrected chi connectivity index (χ4v) is 5.61. The van der Waals surface area contributed by atoms with E-state index in [4.69, 9.17) is 14.2 Å². The predicted octanol–water partition coefficient (Wildman–Crippen LogP) is 3.79. The molecule has 0 unspecified atom stereocenters. The van der Waals surface area contributed by atoms with E-state index < -0.39 is 36.0 Å². The van der Waals surface area contributed by atoms with E-state index in [1.807, 2.05) is 30.3 Å². The van der Waals surface area contributed by atoms with E-state index in [-0.39, 0.29) is 50.8 Å². The summed E-state index contributed by atoms with van der Waals surface area (Å²) in [6.07, 6.45) is 2.41. The van der Waals surface area contributed by atoms with Crippen LogP contribution in [-0.4, -0.2) is 120 Å². The molecule has 2 aromatic rings. The molecule has 1 atom stereocenters. The SMILES string of the molecule is CCCCCOC(=O)N1CCN(C(=O)[C@H](CCC(=O)O)NC(=O)c2cc(OC3CCN(C(=O)OC)CC3)cc(-c3ccccc3)n2)CC1. The minimum atomic E-state index is -1.13. The Bertz CT molecular complexity index is 1410. The van der Waals surface area contributed by atoms with Crippen molar-refractivity contribution in [2.75, 3.05) is 53.0 Å². The molecule has 2 fully saturated rings. The predicted molar refractivity (Wildman–Crippen MR) is 174 cm³/mol. The highest BCUT2D eigenvalue weighted by Gasteiger charge is 2.32. The van der Waals surface area contributed by atoms with E-state index in [1.165, 1.54) is 18.1 Å². The molecule has 260 valence electrons. The van der Waals surface area contributed by atoms with Gasteiger partial charge < -0.3 is 39.3 Å². The van der Waals surface area contributed by atoms with Crippen molar-refractivity contribution in [3.8, 4) is 17.0 Å². The van der Waals surface area contributed by atoms with E-state index in [2.05, 4.69) is 17.2 Å². The standard InChI is InChI=1S/C34H45N5O9/c1-3-4-8-21-47-34(45)39-19-17-37(18-20-39)32(43)27(11-12-30(40)41)36-31(42)29-23-26(22-28(35-29)24-9-6-5-7-10-24)48-25-13-15-38(16-14-25)33(44)46-2/h5-7,9-10,22-23,25,27H,3-4,8,11-21H2,1-2H3,(H,36,42)(H,40,41)/t27-/m0/s1. The number of amides is 4. The zero-order chi connectivity index (χ0) is 34.5. The highest BCUT2D eigenvalue weighted by atomic mass is 16.6. The van der Waals surface area contributed by atoms with Crippen LogP contribution in [-0.2, 0) is 19.1 Å². The Labute approximate surface area is 280 Å². The maximum Gasteiger partial charge on any atom is 0.409 e. The van der Waals surface area contributed by atoms with Crippen molar-refractivity contribution >= 4 is 30.0 Å². The second-order valence-electron chi connectivity index (χ2n) is 11.8. The van der Waals surface area contributed by atoms with Gasteiger partial charge in [0.15, 0.2) is 0 Å². The summed E-state index contributed by atoms with van der Waals surface area (Å²) in [6.45, 7) is 4.29. The number of nitrogens with zero attached hydrogens (tertiary/aromatic N) is 4. The number of nitrogens with one attached hydrogen (secondary N) is 1. The monoisotopic (exact) mass is 667 g/mol. The Morgan fingerprint density at radius 3 is 2.23 bits per heavy atom. The van der Waals surface area contributed by atoms with E-state index in [0.29, 0.717) is 44.0 Å². The molecule has 0 saturated carbocycles. The van der Waals surface area contributed by atoms with Crippen molar-refractivity contribution < 1.29 is 43.3 Å². The van der Waals surface area contributed by atoms with Gasteiger partial charge in [0.05, 0.1) is 19.4 Å². The maximum absolute atomic E-state index is 13.7. The number of ether oxygens (including phenoxy) is 3. The Hall–Kier alpha value is -4.88. The van der Waals surface area contributed by atoms with Gasteiger partial charge in [0.1, 0.15) is 23.6 Å². The Balaban J connectivity index is 1.46. The van der Waals surface area contributed by atoms with Gasteiger partial charge in [-0.05, 0) is 12.8 Å². The molecule has 0 spiro atoms. The number of rotatable bonds is 13. The zero-order valence-electron chi connectivity index (χ0n) is 27.6. The van der Waals surface area contributed by atoms with Gasteiger partial charge in [-0.2, -0.15) is 0 Å². The molecule has 2 N–H and O–H groups in total. The molecule has 2 saturated heterocycles. The average molecular weight is 668 g/mol. The number of hydrogen-bond acceptors (Lipinski definition) is 9. The fourth-order valence-electron chi connectivity index (χ4n) is 5.61. The average Bonchev–Trinajstić information content (AvgIpc) is 3.11. The molecule has 4 rings (SSSR count). The molecule has 14 heteroatoms. The van der Waals surface area contributed by atoms with E-state index in [0.717, 1.165) is 24.8 Å². The summed E-state index contributed by atoms with van der Waals surface area (Å²) in [5, 5.41) is 12.1. The van der Waals surface area contributed by atoms with Crippen LogP contribution >= 0.6 is 0 Å². The van der Waals surface area contributed by atoms with Gasteiger partial charge >= 0.3 is 18.2 Å². The highest BCUT2D eigenvalue weighted by Crippen LogP contribution is 2.26. The first-order valence-corrected chi connectivity index (χ1v) is 16.5. The molecule has 48 heavy (non-hydrogen) atoms. The first-order chi connectivity index (χ1) is 23.2. The minimum Gasteiger partial charge on any atom is -0.490 e. The summed E-state index contributed by atoms with van der Waals surface area (Å²) in [7, 11) is 1.34. The van der Waals surface area contributed by atoms with Crippen LogP contribution < -0.4 is 10.1 Å². The van der Waals surface area contributed by atoms with Crippen molar-refractivity contribution in [2.24, 2.45) is 0 Å². The molecule has 1 aromatic carbocycles. The number of carboxylic acid groups (broad SMARTS) is 1. The third-order valence-electron chi connectivity index (χ3n) is 8.35. The molecule has 14 nitrogen and oxygen atoms in total. The topological polar surface area (TPSA) is 168 Å². The third kappa shape index (κ3) is 10.3. The lowest BCUT2D eigenvalue weighted by molar-refractivity contribution is -0.138. The van der Waals surface area contributed by atoms with Crippen LogP contribution in [0.15, 0.2) is 42.5 Å². The summed E-state index contributed by atoms with van der Waals surface area (Å²) >= 11 is 0. The number of likely N-dealkylation sites (tertiary alicyclic amines) is 1. The lowest BCUT2D eigenvalue weighted by Crippen LogP contribution is -2.56. The van der Waals surface area contributed by atoms with E-state index in [9.17, 15) is 29.1 Å². The van der Waals surface area contributed by atoms with Crippen LogP contribution in [0.25, 0.3) is 11.3 Å². The molecule has 4 amide bonds. The highest BCUT2D eigenvalue weighted by molar-refractivity contribution is 5.97. The number of methoxy groups -OCH3 is 1. The summed E-state index contributed by atoms with van der Waals surface area (Å²) in [5.74, 6) is -1.79. The Morgan fingerprint density at radius 2 is 1.58 bits per heavy atom. The van der Waals surface area contributed by atoms with Crippen molar-refractivity contribution in [3.05, 3.63) is 48.2 Å². The summed E-state index contributed by atoms with van der Waals surface area (Å²) in [5.41, 5.74) is 1.23. The second kappa shape index (κ2) is 17.9. The largest absolute Gasteiger partial charge is 0.490 e. The smallest absolute Gasteiger partial charge is 0.409 e. The van der Waals surface area contributed by atoms with Gasteiger partial charge in [-0.3, -0.25) is 14.4 Å². The first kappa shape index (κ1) is 36.0. The van der Waals surface area contributed by atoms with Crippen LogP contribution in [0.5, 0.6) is 5.75 Å². The van der Waals surface area contributed by atoms with E-state index in [1.54, 1.807) is 15.9 Å². The minimum absolute atomic E-state index is 0.00196. The number of piperazine rings is 1. The Kier molecular flexibility index (Phi) is 13.4. The molecule has 1 aromatic heterocycles. The molecule has 0 bridgehead atoms. The van der Waals surface area contributed by atoms with Gasteiger partial charge in [0, 0.05) is 76.2 Å². The number of piperidine rings is 1. The number of pyridine rings is 1. The molecule has 0 radical (unpaired) electrons. The van der Waals surface area contributed by atoms with Crippen LogP contribution in [0, 0.1) is 0 Å². The molecular formula is C34H45N5O9. The summed E-state index contributed by atoms with van der Waals surface area (Å²) < 4.78 is 16.4. The second-order valence-corrected chi connectivity index (χ2v) is 11.8. The number of hydrogen-bond donors (Lipinski definition) is 2. The lowest BCUT2D eigenvalue weighted by atomic mass is 10.1. The quantitative estimate of drug-likeness (QED) is 0.300. The molecule has 2 aliphatic rings.